The number of halogens is 1. The number of amides is 1. The monoisotopic (exact) mass is 331 g/mol. The number of hydrogen-bond acceptors (Lipinski definition) is 3. The summed E-state index contributed by atoms with van der Waals surface area (Å²) in [6.07, 6.45) is 3.79. The van der Waals surface area contributed by atoms with Gasteiger partial charge in [-0.2, -0.15) is 0 Å². The molecule has 4 atom stereocenters. The molecule has 1 amide bonds. The van der Waals surface area contributed by atoms with Crippen LogP contribution in [-0.4, -0.2) is 23.8 Å². The molecule has 0 radical (unpaired) electrons. The Hall–Kier alpha value is -1.81. The largest absolute Gasteiger partial charge is 0.486 e. The molecule has 0 saturated heterocycles. The van der Waals surface area contributed by atoms with E-state index in [1.165, 1.54) is 0 Å². The molecular weight excluding hydrogens is 314 g/mol. The Bertz CT molecular complexity index is 716. The molecule has 3 aliphatic rings. The van der Waals surface area contributed by atoms with Crippen molar-refractivity contribution in [2.75, 3.05) is 6.54 Å². The summed E-state index contributed by atoms with van der Waals surface area (Å²) in [5.41, 5.74) is 0.0403. The van der Waals surface area contributed by atoms with Crippen LogP contribution in [0.15, 0.2) is 30.9 Å². The highest BCUT2D eigenvalue weighted by Crippen LogP contribution is 2.65. The van der Waals surface area contributed by atoms with Crippen LogP contribution in [0.3, 0.4) is 0 Å². The summed E-state index contributed by atoms with van der Waals surface area (Å²) >= 11 is 5.97. The summed E-state index contributed by atoms with van der Waals surface area (Å²) in [5, 5.41) is 3.40. The maximum Gasteiger partial charge on any atom is 0.224 e. The number of fused-ring (bicyclic) bond motifs is 3. The lowest BCUT2D eigenvalue weighted by Gasteiger charge is -2.37. The quantitative estimate of drug-likeness (QED) is 0.866. The SMILES string of the molecule is C=CCNC(=O)[C@H]1[C@H]2CC[C@@]3(CC(=O)c4cc(Cl)ccc4O3)[C@@H]21. The van der Waals surface area contributed by atoms with Crippen molar-refractivity contribution in [1.29, 1.82) is 0 Å². The molecule has 2 aliphatic carbocycles. The highest BCUT2D eigenvalue weighted by molar-refractivity contribution is 6.31. The van der Waals surface area contributed by atoms with Crippen LogP contribution in [0.25, 0.3) is 0 Å². The summed E-state index contributed by atoms with van der Waals surface area (Å²) in [7, 11) is 0. The van der Waals surface area contributed by atoms with Crippen LogP contribution in [0.1, 0.15) is 29.6 Å². The number of rotatable bonds is 3. The van der Waals surface area contributed by atoms with E-state index in [0.29, 0.717) is 35.2 Å². The molecule has 1 spiro atoms. The molecule has 4 nitrogen and oxygen atoms in total. The third-order valence-electron chi connectivity index (χ3n) is 5.42. The molecule has 1 heterocycles. The lowest BCUT2D eigenvalue weighted by atomic mass is 9.84. The molecule has 1 N–H and O–H groups in total. The molecular formula is C18H18ClNO3. The number of benzene rings is 1. The lowest BCUT2D eigenvalue weighted by Crippen LogP contribution is -2.44. The average Bonchev–Trinajstić information content (AvgIpc) is 3.18. The van der Waals surface area contributed by atoms with E-state index in [1.54, 1.807) is 24.3 Å². The summed E-state index contributed by atoms with van der Waals surface area (Å²) in [6.45, 7) is 4.09. The molecule has 2 saturated carbocycles. The van der Waals surface area contributed by atoms with E-state index >= 15 is 0 Å². The minimum Gasteiger partial charge on any atom is -0.486 e. The number of Topliss-reactive ketones (excluding diaryl/α,β-unsaturated/α-hetero) is 1. The Labute approximate surface area is 139 Å². The molecule has 1 aliphatic heterocycles. The summed E-state index contributed by atoms with van der Waals surface area (Å²) < 4.78 is 6.26. The van der Waals surface area contributed by atoms with Crippen LogP contribution in [0, 0.1) is 17.8 Å². The maximum absolute atomic E-state index is 12.6. The van der Waals surface area contributed by atoms with Crippen molar-refractivity contribution in [3.05, 3.63) is 41.4 Å². The lowest BCUT2D eigenvalue weighted by molar-refractivity contribution is -0.123. The van der Waals surface area contributed by atoms with Gasteiger partial charge in [0.2, 0.25) is 5.91 Å². The molecule has 2 fully saturated rings. The fourth-order valence-electron chi connectivity index (χ4n) is 4.43. The van der Waals surface area contributed by atoms with Gasteiger partial charge in [-0.05, 0) is 37.0 Å². The summed E-state index contributed by atoms with van der Waals surface area (Å²) in [5.74, 6) is 1.15. The van der Waals surface area contributed by atoms with Crippen LogP contribution in [0.2, 0.25) is 5.02 Å². The van der Waals surface area contributed by atoms with E-state index in [-0.39, 0.29) is 23.5 Å². The number of hydrogen-bond donors (Lipinski definition) is 1. The molecule has 5 heteroatoms. The fraction of sp³-hybridized carbons (Fsp3) is 0.444. The molecule has 120 valence electrons. The van der Waals surface area contributed by atoms with Crippen LogP contribution >= 0.6 is 11.6 Å². The van der Waals surface area contributed by atoms with Gasteiger partial charge in [-0.25, -0.2) is 0 Å². The van der Waals surface area contributed by atoms with Crippen LogP contribution in [-0.2, 0) is 4.79 Å². The van der Waals surface area contributed by atoms with E-state index in [0.717, 1.165) is 12.8 Å². The zero-order valence-electron chi connectivity index (χ0n) is 12.7. The molecule has 0 bridgehead atoms. The minimum atomic E-state index is -0.515. The number of ether oxygens (including phenoxy) is 1. The van der Waals surface area contributed by atoms with Gasteiger partial charge in [-0.1, -0.05) is 17.7 Å². The molecule has 1 aromatic rings. The first-order valence-corrected chi connectivity index (χ1v) is 8.34. The Kier molecular flexibility index (Phi) is 3.27. The second-order valence-electron chi connectivity index (χ2n) is 6.70. The van der Waals surface area contributed by atoms with Gasteiger partial charge in [0, 0.05) is 23.4 Å². The van der Waals surface area contributed by atoms with Gasteiger partial charge < -0.3 is 10.1 Å². The zero-order valence-corrected chi connectivity index (χ0v) is 13.4. The first-order valence-electron chi connectivity index (χ1n) is 7.96. The van der Waals surface area contributed by atoms with E-state index in [2.05, 4.69) is 11.9 Å². The van der Waals surface area contributed by atoms with E-state index in [1.807, 2.05) is 0 Å². The molecule has 0 aromatic heterocycles. The van der Waals surface area contributed by atoms with E-state index in [9.17, 15) is 9.59 Å². The van der Waals surface area contributed by atoms with Gasteiger partial charge in [0.05, 0.1) is 12.0 Å². The topological polar surface area (TPSA) is 55.4 Å². The second-order valence-corrected chi connectivity index (χ2v) is 7.13. The first-order chi connectivity index (χ1) is 11.1. The highest BCUT2D eigenvalue weighted by Gasteiger charge is 2.70. The third kappa shape index (κ3) is 2.19. The van der Waals surface area contributed by atoms with Crippen LogP contribution in [0.4, 0.5) is 0 Å². The third-order valence-corrected chi connectivity index (χ3v) is 5.65. The summed E-state index contributed by atoms with van der Waals surface area (Å²) in [4.78, 5) is 24.8. The van der Waals surface area contributed by atoms with Crippen molar-refractivity contribution in [3.63, 3.8) is 0 Å². The van der Waals surface area contributed by atoms with Crippen LogP contribution in [0.5, 0.6) is 5.75 Å². The normalized spacial score (nSPS) is 33.6. The number of carbonyl (C=O) groups is 2. The Morgan fingerprint density at radius 3 is 3.13 bits per heavy atom. The molecule has 0 unspecified atom stereocenters. The number of nitrogens with one attached hydrogen (secondary N) is 1. The van der Waals surface area contributed by atoms with Gasteiger partial charge in [0.15, 0.2) is 5.78 Å². The maximum atomic E-state index is 12.6. The number of carbonyl (C=O) groups excluding carboxylic acids is 2. The highest BCUT2D eigenvalue weighted by atomic mass is 35.5. The van der Waals surface area contributed by atoms with E-state index in [4.69, 9.17) is 16.3 Å². The standard InChI is InChI=1S/C18H18ClNO3/c1-2-7-20-17(22)15-11-5-6-18(16(11)15)9-13(21)12-8-10(19)3-4-14(12)23-18/h2-4,8,11,15-16H,1,5-7,9H2,(H,20,22)/t11-,15+,16+,18-/m1/s1. The van der Waals surface area contributed by atoms with Crippen molar-refractivity contribution >= 4 is 23.3 Å². The molecule has 4 rings (SSSR count). The van der Waals surface area contributed by atoms with Gasteiger partial charge in [0.1, 0.15) is 11.4 Å². The molecule has 23 heavy (non-hydrogen) atoms. The van der Waals surface area contributed by atoms with Gasteiger partial charge in [-0.15, -0.1) is 6.58 Å². The Morgan fingerprint density at radius 1 is 1.52 bits per heavy atom. The Balaban J connectivity index is 1.59. The van der Waals surface area contributed by atoms with Gasteiger partial charge in [0.25, 0.3) is 0 Å². The van der Waals surface area contributed by atoms with Crippen molar-refractivity contribution in [1.82, 2.24) is 5.32 Å². The minimum absolute atomic E-state index is 0.0367. The first kappa shape index (κ1) is 14.8. The smallest absolute Gasteiger partial charge is 0.224 e. The van der Waals surface area contributed by atoms with Crippen LogP contribution < -0.4 is 10.1 Å². The second kappa shape index (κ2) is 5.10. The van der Waals surface area contributed by atoms with Gasteiger partial charge in [-0.3, -0.25) is 9.59 Å². The van der Waals surface area contributed by atoms with Crippen molar-refractivity contribution < 1.29 is 14.3 Å². The zero-order chi connectivity index (χ0) is 16.2. The van der Waals surface area contributed by atoms with Gasteiger partial charge >= 0.3 is 0 Å². The summed E-state index contributed by atoms with van der Waals surface area (Å²) in [6, 6.07) is 5.17. The van der Waals surface area contributed by atoms with Crippen molar-refractivity contribution in [3.8, 4) is 5.75 Å². The molecule has 1 aromatic carbocycles. The predicted molar refractivity (Wildman–Crippen MR) is 86.7 cm³/mol. The Morgan fingerprint density at radius 2 is 2.35 bits per heavy atom. The predicted octanol–water partition coefficient (Wildman–Crippen LogP) is 3.00. The fourth-order valence-corrected chi connectivity index (χ4v) is 4.60. The van der Waals surface area contributed by atoms with Crippen molar-refractivity contribution in [2.45, 2.75) is 24.9 Å². The van der Waals surface area contributed by atoms with E-state index < -0.39 is 5.60 Å². The van der Waals surface area contributed by atoms with Crippen molar-refractivity contribution in [2.24, 2.45) is 17.8 Å². The average molecular weight is 332 g/mol. The number of ketones is 1.